The topological polar surface area (TPSA) is 77.2 Å². The number of methoxy groups -OCH3 is 1. The van der Waals surface area contributed by atoms with Crippen LogP contribution in [0.1, 0.15) is 52.5 Å². The Hall–Kier alpha value is -2.37. The smallest absolute Gasteiger partial charge is 0.249 e. The summed E-state index contributed by atoms with van der Waals surface area (Å²) in [6.45, 7) is 8.18. The molecule has 0 aliphatic rings. The molecule has 25 heavy (non-hydrogen) atoms. The number of rotatable bonds is 8. The average molecular weight is 345 g/mol. The molecule has 0 aliphatic heterocycles. The van der Waals surface area contributed by atoms with E-state index < -0.39 is 0 Å². The second-order valence-electron chi connectivity index (χ2n) is 6.71. The third-order valence-corrected chi connectivity index (χ3v) is 4.18. The number of carbonyl (C=O) groups is 1. The lowest BCUT2D eigenvalue weighted by molar-refractivity contribution is -0.123. The monoisotopic (exact) mass is 345 g/mol. The Morgan fingerprint density at radius 1 is 1.24 bits per heavy atom. The third-order valence-electron chi connectivity index (χ3n) is 4.18. The largest absolute Gasteiger partial charge is 0.497 e. The van der Waals surface area contributed by atoms with Crippen molar-refractivity contribution >= 4 is 5.91 Å². The van der Waals surface area contributed by atoms with Gasteiger partial charge in [0, 0.05) is 12.0 Å². The van der Waals surface area contributed by atoms with E-state index in [4.69, 9.17) is 9.26 Å². The molecule has 1 aromatic heterocycles. The number of ether oxygens (including phenoxy) is 1. The van der Waals surface area contributed by atoms with Crippen LogP contribution in [-0.2, 0) is 4.79 Å². The van der Waals surface area contributed by atoms with E-state index >= 15 is 0 Å². The Morgan fingerprint density at radius 2 is 1.92 bits per heavy atom. The normalized spacial score (nSPS) is 13.5. The Labute approximate surface area is 149 Å². The van der Waals surface area contributed by atoms with Crippen molar-refractivity contribution in [1.29, 1.82) is 0 Å². The maximum atomic E-state index is 12.2. The minimum absolute atomic E-state index is 0.00416. The molecule has 0 radical (unpaired) electrons. The van der Waals surface area contributed by atoms with E-state index in [1.807, 2.05) is 38.1 Å². The van der Waals surface area contributed by atoms with Crippen LogP contribution in [0.2, 0.25) is 0 Å². The van der Waals surface area contributed by atoms with Crippen LogP contribution in [0.4, 0.5) is 0 Å². The van der Waals surface area contributed by atoms with Crippen molar-refractivity contribution in [2.75, 3.05) is 7.11 Å². The summed E-state index contributed by atoms with van der Waals surface area (Å²) in [5.41, 5.74) is 0.840. The number of hydrogen-bond acceptors (Lipinski definition) is 5. The number of aromatic nitrogens is 2. The molecule has 1 heterocycles. The molecule has 0 saturated heterocycles. The van der Waals surface area contributed by atoms with E-state index in [0.717, 1.165) is 17.7 Å². The van der Waals surface area contributed by atoms with Crippen LogP contribution in [0.25, 0.3) is 11.4 Å². The van der Waals surface area contributed by atoms with Crippen molar-refractivity contribution in [3.63, 3.8) is 0 Å². The summed E-state index contributed by atoms with van der Waals surface area (Å²) in [7, 11) is 1.62. The highest BCUT2D eigenvalue weighted by molar-refractivity contribution is 5.76. The second-order valence-corrected chi connectivity index (χ2v) is 6.71. The molecule has 0 spiro atoms. The number of amides is 1. The second kappa shape index (κ2) is 8.65. The van der Waals surface area contributed by atoms with Gasteiger partial charge in [0.1, 0.15) is 11.8 Å². The van der Waals surface area contributed by atoms with Crippen LogP contribution in [0.3, 0.4) is 0 Å². The van der Waals surface area contributed by atoms with Gasteiger partial charge in [-0.2, -0.15) is 4.98 Å². The van der Waals surface area contributed by atoms with E-state index in [0.29, 0.717) is 24.1 Å². The van der Waals surface area contributed by atoms with E-state index in [-0.39, 0.29) is 17.9 Å². The Morgan fingerprint density at radius 3 is 2.48 bits per heavy atom. The van der Waals surface area contributed by atoms with Crippen LogP contribution >= 0.6 is 0 Å². The fraction of sp³-hybridized carbons (Fsp3) is 0.526. The molecular formula is C19H27N3O3. The first kappa shape index (κ1) is 19.0. The molecular weight excluding hydrogens is 318 g/mol. The molecule has 2 aromatic rings. The SMILES string of the molecule is CC[C@H](C)[C@@H](NC(=O)CC(C)C)c1nc(-c2ccc(OC)cc2)no1. The quantitative estimate of drug-likeness (QED) is 0.782. The Kier molecular flexibility index (Phi) is 6.56. The lowest BCUT2D eigenvalue weighted by atomic mass is 9.98. The number of benzene rings is 1. The van der Waals surface area contributed by atoms with Gasteiger partial charge in [0.2, 0.25) is 17.6 Å². The molecule has 0 saturated carbocycles. The first-order chi connectivity index (χ1) is 11.9. The zero-order valence-corrected chi connectivity index (χ0v) is 15.6. The number of nitrogens with zero attached hydrogens (tertiary/aromatic N) is 2. The minimum atomic E-state index is -0.282. The summed E-state index contributed by atoms with van der Waals surface area (Å²) in [4.78, 5) is 16.7. The van der Waals surface area contributed by atoms with E-state index in [1.165, 1.54) is 0 Å². The maximum Gasteiger partial charge on any atom is 0.249 e. The van der Waals surface area contributed by atoms with Crippen molar-refractivity contribution in [3.8, 4) is 17.1 Å². The van der Waals surface area contributed by atoms with Gasteiger partial charge in [-0.25, -0.2) is 0 Å². The molecule has 0 unspecified atom stereocenters. The highest BCUT2D eigenvalue weighted by Gasteiger charge is 2.26. The molecule has 0 bridgehead atoms. The fourth-order valence-electron chi connectivity index (χ4n) is 2.51. The zero-order chi connectivity index (χ0) is 18.4. The number of carbonyl (C=O) groups excluding carboxylic acids is 1. The van der Waals surface area contributed by atoms with Crippen molar-refractivity contribution in [2.45, 2.75) is 46.6 Å². The molecule has 0 fully saturated rings. The van der Waals surface area contributed by atoms with Gasteiger partial charge >= 0.3 is 0 Å². The van der Waals surface area contributed by atoms with Crippen LogP contribution in [0.5, 0.6) is 5.75 Å². The molecule has 2 atom stereocenters. The molecule has 6 nitrogen and oxygen atoms in total. The van der Waals surface area contributed by atoms with E-state index in [1.54, 1.807) is 7.11 Å². The Bertz CT molecular complexity index is 679. The van der Waals surface area contributed by atoms with Crippen molar-refractivity contribution in [3.05, 3.63) is 30.2 Å². The first-order valence-electron chi connectivity index (χ1n) is 8.72. The predicted octanol–water partition coefficient (Wildman–Crippen LogP) is 3.99. The lowest BCUT2D eigenvalue weighted by Gasteiger charge is -2.21. The molecule has 136 valence electrons. The van der Waals surface area contributed by atoms with Gasteiger partial charge in [-0.3, -0.25) is 4.79 Å². The van der Waals surface area contributed by atoms with Crippen molar-refractivity contribution in [1.82, 2.24) is 15.5 Å². The van der Waals surface area contributed by atoms with Gasteiger partial charge in [-0.15, -0.1) is 0 Å². The van der Waals surface area contributed by atoms with Crippen LogP contribution in [0.15, 0.2) is 28.8 Å². The number of hydrogen-bond donors (Lipinski definition) is 1. The summed E-state index contributed by atoms with van der Waals surface area (Å²) in [5, 5.41) is 7.11. The first-order valence-corrected chi connectivity index (χ1v) is 8.72. The van der Waals surface area contributed by atoms with Crippen LogP contribution in [0, 0.1) is 11.8 Å². The molecule has 1 amide bonds. The van der Waals surface area contributed by atoms with Gasteiger partial charge in [0.05, 0.1) is 7.11 Å². The zero-order valence-electron chi connectivity index (χ0n) is 15.6. The molecule has 0 aliphatic carbocycles. The van der Waals surface area contributed by atoms with E-state index in [9.17, 15) is 4.79 Å². The lowest BCUT2D eigenvalue weighted by Crippen LogP contribution is -2.33. The summed E-state index contributed by atoms with van der Waals surface area (Å²) in [5.74, 6) is 2.21. The fourth-order valence-corrected chi connectivity index (χ4v) is 2.51. The van der Waals surface area contributed by atoms with Crippen LogP contribution < -0.4 is 10.1 Å². The van der Waals surface area contributed by atoms with Gasteiger partial charge in [-0.05, 0) is 36.1 Å². The predicted molar refractivity (Wildman–Crippen MR) is 96.1 cm³/mol. The standard InChI is InChI=1S/C19H27N3O3/c1-6-13(4)17(20-16(23)11-12(2)3)19-21-18(22-25-19)14-7-9-15(24-5)10-8-14/h7-10,12-13,17H,6,11H2,1-5H3,(H,20,23)/t13-,17+/m0/s1. The molecule has 1 N–H and O–H groups in total. The maximum absolute atomic E-state index is 12.2. The highest BCUT2D eigenvalue weighted by atomic mass is 16.5. The average Bonchev–Trinajstić information content (AvgIpc) is 3.08. The van der Waals surface area contributed by atoms with Crippen molar-refractivity contribution < 1.29 is 14.1 Å². The molecule has 2 rings (SSSR count). The summed E-state index contributed by atoms with van der Waals surface area (Å²) >= 11 is 0. The summed E-state index contributed by atoms with van der Waals surface area (Å²) in [6.07, 6.45) is 1.37. The van der Waals surface area contributed by atoms with Gasteiger partial charge in [-0.1, -0.05) is 39.3 Å². The third kappa shape index (κ3) is 5.05. The Balaban J connectivity index is 2.20. The van der Waals surface area contributed by atoms with Crippen LogP contribution in [-0.4, -0.2) is 23.2 Å². The minimum Gasteiger partial charge on any atom is -0.497 e. The van der Waals surface area contributed by atoms with Gasteiger partial charge in [0.25, 0.3) is 0 Å². The number of nitrogens with one attached hydrogen (secondary N) is 1. The van der Waals surface area contributed by atoms with Crippen molar-refractivity contribution in [2.24, 2.45) is 11.8 Å². The van der Waals surface area contributed by atoms with Gasteiger partial charge in [0.15, 0.2) is 0 Å². The molecule has 6 heteroatoms. The summed E-state index contributed by atoms with van der Waals surface area (Å²) < 4.78 is 10.6. The highest BCUT2D eigenvalue weighted by Crippen LogP contribution is 2.26. The summed E-state index contributed by atoms with van der Waals surface area (Å²) in [6, 6.07) is 7.17. The van der Waals surface area contributed by atoms with Gasteiger partial charge < -0.3 is 14.6 Å². The van der Waals surface area contributed by atoms with E-state index in [2.05, 4.69) is 29.3 Å². The molecule has 1 aromatic carbocycles.